The molecule has 2 heterocycles. The molecule has 1 atom stereocenters. The fraction of sp³-hybridized carbons (Fsp3) is 0.286. The van der Waals surface area contributed by atoms with Crippen molar-refractivity contribution in [3.05, 3.63) is 66.0 Å². The Labute approximate surface area is 157 Å². The number of carbonyl (C=O) groups excluding carboxylic acids is 1. The molecule has 6 nitrogen and oxygen atoms in total. The number of carbonyl (C=O) groups is 2. The van der Waals surface area contributed by atoms with E-state index in [0.29, 0.717) is 25.3 Å². The molecule has 3 aromatic rings. The molecule has 138 valence electrons. The van der Waals surface area contributed by atoms with Crippen LogP contribution >= 0.6 is 0 Å². The molecule has 6 heteroatoms. The van der Waals surface area contributed by atoms with Gasteiger partial charge in [-0.25, -0.2) is 4.98 Å². The minimum absolute atomic E-state index is 0.0833. The Morgan fingerprint density at radius 1 is 1.11 bits per heavy atom. The minimum Gasteiger partial charge on any atom is -0.480 e. The van der Waals surface area contributed by atoms with E-state index in [0.717, 1.165) is 17.5 Å². The summed E-state index contributed by atoms with van der Waals surface area (Å²) in [5.41, 5.74) is 2.76. The van der Waals surface area contributed by atoms with Gasteiger partial charge in [-0.15, -0.1) is 0 Å². The molecule has 1 aliphatic heterocycles. The first-order valence-electron chi connectivity index (χ1n) is 9.10. The van der Waals surface area contributed by atoms with Crippen LogP contribution in [0.4, 0.5) is 0 Å². The van der Waals surface area contributed by atoms with Crippen molar-refractivity contribution in [1.29, 1.82) is 0 Å². The molecule has 0 aliphatic carbocycles. The highest BCUT2D eigenvalue weighted by atomic mass is 16.4. The molecular weight excluding hydrogens is 342 g/mol. The second kappa shape index (κ2) is 7.23. The zero-order chi connectivity index (χ0) is 18.8. The third kappa shape index (κ3) is 3.56. The number of aromatic nitrogens is 2. The van der Waals surface area contributed by atoms with Gasteiger partial charge in [0.2, 0.25) is 5.91 Å². The van der Waals surface area contributed by atoms with Crippen molar-refractivity contribution in [2.45, 2.75) is 25.3 Å². The summed E-state index contributed by atoms with van der Waals surface area (Å²) in [5, 5.41) is 9.30. The van der Waals surface area contributed by atoms with E-state index < -0.39 is 5.97 Å². The van der Waals surface area contributed by atoms with Crippen LogP contribution in [-0.2, 0) is 22.6 Å². The van der Waals surface area contributed by atoms with Gasteiger partial charge in [0.05, 0.1) is 11.0 Å². The lowest BCUT2D eigenvalue weighted by Crippen LogP contribution is -2.27. The Kier molecular flexibility index (Phi) is 4.62. The topological polar surface area (TPSA) is 75.4 Å². The number of carboxylic acid groups (broad SMARTS) is 1. The van der Waals surface area contributed by atoms with Crippen LogP contribution in [0, 0.1) is 0 Å². The number of aliphatic carboxylic acids is 1. The number of rotatable bonds is 6. The zero-order valence-corrected chi connectivity index (χ0v) is 14.9. The Balaban J connectivity index is 1.55. The van der Waals surface area contributed by atoms with E-state index in [4.69, 9.17) is 0 Å². The van der Waals surface area contributed by atoms with Crippen LogP contribution < -0.4 is 0 Å². The molecule has 0 radical (unpaired) electrons. The SMILES string of the molecule is O=C(O)Cn1c(C2CC(=O)N(CCc3ccccc3)C2)nc2ccccc21. The van der Waals surface area contributed by atoms with E-state index in [1.807, 2.05) is 47.4 Å². The molecule has 1 fully saturated rings. The molecule has 4 rings (SSSR count). The van der Waals surface area contributed by atoms with E-state index in [-0.39, 0.29) is 18.4 Å². The Bertz CT molecular complexity index is 981. The van der Waals surface area contributed by atoms with Crippen molar-refractivity contribution in [3.8, 4) is 0 Å². The Morgan fingerprint density at radius 3 is 2.63 bits per heavy atom. The molecular formula is C21H21N3O3. The number of hydrogen-bond acceptors (Lipinski definition) is 3. The lowest BCUT2D eigenvalue weighted by molar-refractivity contribution is -0.137. The number of hydrogen-bond donors (Lipinski definition) is 1. The smallest absolute Gasteiger partial charge is 0.323 e. The van der Waals surface area contributed by atoms with Crippen LogP contribution in [0.5, 0.6) is 0 Å². The lowest BCUT2D eigenvalue weighted by Gasteiger charge is -2.17. The number of imidazole rings is 1. The summed E-state index contributed by atoms with van der Waals surface area (Å²) in [5.74, 6) is -0.205. The molecule has 0 saturated carbocycles. The Hall–Kier alpha value is -3.15. The zero-order valence-electron chi connectivity index (χ0n) is 14.9. The molecule has 0 bridgehead atoms. The number of likely N-dealkylation sites (tertiary alicyclic amines) is 1. The van der Waals surface area contributed by atoms with Crippen LogP contribution in [0.25, 0.3) is 11.0 Å². The lowest BCUT2D eigenvalue weighted by atomic mass is 10.1. The molecule has 2 aromatic carbocycles. The summed E-state index contributed by atoms with van der Waals surface area (Å²) in [6, 6.07) is 17.6. The van der Waals surface area contributed by atoms with E-state index in [2.05, 4.69) is 17.1 Å². The highest BCUT2D eigenvalue weighted by molar-refractivity contribution is 5.81. The van der Waals surface area contributed by atoms with Crippen LogP contribution in [0.3, 0.4) is 0 Å². The van der Waals surface area contributed by atoms with Gasteiger partial charge in [0.25, 0.3) is 0 Å². The predicted molar refractivity (Wildman–Crippen MR) is 101 cm³/mol. The summed E-state index contributed by atoms with van der Waals surface area (Å²) in [4.78, 5) is 30.4. The number of carboxylic acids is 1. The minimum atomic E-state index is -0.912. The van der Waals surface area contributed by atoms with Crippen LogP contribution in [0.2, 0.25) is 0 Å². The van der Waals surface area contributed by atoms with Crippen LogP contribution in [-0.4, -0.2) is 44.5 Å². The number of benzene rings is 2. The molecule has 1 amide bonds. The van der Waals surface area contributed by atoms with E-state index >= 15 is 0 Å². The fourth-order valence-electron chi connectivity index (χ4n) is 3.78. The quantitative estimate of drug-likeness (QED) is 0.731. The van der Waals surface area contributed by atoms with Crippen LogP contribution in [0.1, 0.15) is 23.7 Å². The van der Waals surface area contributed by atoms with Gasteiger partial charge in [-0.1, -0.05) is 42.5 Å². The van der Waals surface area contributed by atoms with Crippen molar-refractivity contribution >= 4 is 22.9 Å². The maximum Gasteiger partial charge on any atom is 0.323 e. The summed E-state index contributed by atoms with van der Waals surface area (Å²) >= 11 is 0. The average molecular weight is 363 g/mol. The standard InChI is InChI=1S/C21H21N3O3/c25-19-12-16(13-23(19)11-10-15-6-2-1-3-7-15)21-22-17-8-4-5-9-18(17)24(21)14-20(26)27/h1-9,16H,10-14H2,(H,26,27). The van der Waals surface area contributed by atoms with Crippen molar-refractivity contribution in [3.63, 3.8) is 0 Å². The van der Waals surface area contributed by atoms with E-state index in [9.17, 15) is 14.7 Å². The van der Waals surface area contributed by atoms with Crippen molar-refractivity contribution in [2.75, 3.05) is 13.1 Å². The third-order valence-electron chi connectivity index (χ3n) is 5.07. The maximum atomic E-state index is 12.5. The third-order valence-corrected chi connectivity index (χ3v) is 5.07. The maximum absolute atomic E-state index is 12.5. The van der Waals surface area contributed by atoms with Gasteiger partial charge in [0.1, 0.15) is 12.4 Å². The van der Waals surface area contributed by atoms with E-state index in [1.54, 1.807) is 4.57 Å². The highest BCUT2D eigenvalue weighted by Crippen LogP contribution is 2.30. The van der Waals surface area contributed by atoms with Gasteiger partial charge in [-0.05, 0) is 24.1 Å². The van der Waals surface area contributed by atoms with Gasteiger partial charge in [0.15, 0.2) is 0 Å². The molecule has 1 N–H and O–H groups in total. The first-order chi connectivity index (χ1) is 13.1. The van der Waals surface area contributed by atoms with Crippen molar-refractivity contribution in [2.24, 2.45) is 0 Å². The molecule has 1 aromatic heterocycles. The van der Waals surface area contributed by atoms with E-state index in [1.165, 1.54) is 5.56 Å². The summed E-state index contributed by atoms with van der Waals surface area (Å²) < 4.78 is 1.73. The summed E-state index contributed by atoms with van der Waals surface area (Å²) in [6.45, 7) is 1.09. The Morgan fingerprint density at radius 2 is 1.85 bits per heavy atom. The largest absolute Gasteiger partial charge is 0.480 e. The molecule has 27 heavy (non-hydrogen) atoms. The van der Waals surface area contributed by atoms with Gasteiger partial charge in [-0.2, -0.15) is 0 Å². The summed E-state index contributed by atoms with van der Waals surface area (Å²) in [6.07, 6.45) is 1.18. The normalized spacial score (nSPS) is 17.0. The van der Waals surface area contributed by atoms with Gasteiger partial charge < -0.3 is 14.6 Å². The first-order valence-corrected chi connectivity index (χ1v) is 9.10. The second-order valence-electron chi connectivity index (χ2n) is 6.92. The number of para-hydroxylation sites is 2. The highest BCUT2D eigenvalue weighted by Gasteiger charge is 2.34. The molecule has 1 unspecified atom stereocenters. The average Bonchev–Trinajstić information content (AvgIpc) is 3.21. The number of nitrogens with zero attached hydrogens (tertiary/aromatic N) is 3. The van der Waals surface area contributed by atoms with Crippen LogP contribution in [0.15, 0.2) is 54.6 Å². The molecule has 0 spiro atoms. The number of fused-ring (bicyclic) bond motifs is 1. The van der Waals surface area contributed by atoms with Gasteiger partial charge in [0, 0.05) is 25.4 Å². The summed E-state index contributed by atoms with van der Waals surface area (Å²) in [7, 11) is 0. The molecule has 1 aliphatic rings. The monoisotopic (exact) mass is 363 g/mol. The second-order valence-corrected chi connectivity index (χ2v) is 6.92. The van der Waals surface area contributed by atoms with Crippen molar-refractivity contribution in [1.82, 2.24) is 14.5 Å². The number of amides is 1. The van der Waals surface area contributed by atoms with Gasteiger partial charge in [-0.3, -0.25) is 9.59 Å². The predicted octanol–water partition coefficient (Wildman–Crippen LogP) is 2.68. The first kappa shape index (κ1) is 17.3. The van der Waals surface area contributed by atoms with Gasteiger partial charge >= 0.3 is 5.97 Å². The fourth-order valence-corrected chi connectivity index (χ4v) is 3.78. The molecule has 1 saturated heterocycles. The van der Waals surface area contributed by atoms with Crippen molar-refractivity contribution < 1.29 is 14.7 Å².